The summed E-state index contributed by atoms with van der Waals surface area (Å²) >= 11 is 0. The average Bonchev–Trinajstić information content (AvgIpc) is 3.57. The minimum atomic E-state index is -1.66. The van der Waals surface area contributed by atoms with E-state index in [9.17, 15) is 39.1 Å². The van der Waals surface area contributed by atoms with Crippen LogP contribution in [0.4, 0.5) is 0 Å². The van der Waals surface area contributed by atoms with Gasteiger partial charge in [-0.2, -0.15) is 0 Å². The first-order valence-electron chi connectivity index (χ1n) is 15.1. The molecular formula is C33H38N4O11. The molecule has 0 bridgehead atoms. The Labute approximate surface area is 275 Å². The Kier molecular flexibility index (Phi) is 13.7. The van der Waals surface area contributed by atoms with Crippen LogP contribution in [0.5, 0.6) is 5.75 Å². The zero-order valence-corrected chi connectivity index (χ0v) is 26.4. The van der Waals surface area contributed by atoms with Crippen LogP contribution in [0, 0.1) is 5.92 Å². The molecule has 3 atom stereocenters. The topological polar surface area (TPSA) is 225 Å². The molecule has 0 saturated carbocycles. The van der Waals surface area contributed by atoms with Gasteiger partial charge in [0.15, 0.2) is 5.76 Å². The minimum Gasteiger partial charge on any atom is -0.493 e. The molecule has 1 heterocycles. The molecule has 256 valence electrons. The number of amides is 4. The Bertz CT molecular complexity index is 1590. The number of furan rings is 1. The summed E-state index contributed by atoms with van der Waals surface area (Å²) in [4.78, 5) is 72.4. The highest BCUT2D eigenvalue weighted by molar-refractivity contribution is 6.00. The van der Waals surface area contributed by atoms with Crippen LogP contribution in [0.3, 0.4) is 0 Å². The predicted molar refractivity (Wildman–Crippen MR) is 169 cm³/mol. The van der Waals surface area contributed by atoms with Crippen molar-refractivity contribution in [2.24, 2.45) is 5.92 Å². The number of carbonyl (C=O) groups is 6. The zero-order chi connectivity index (χ0) is 35.2. The van der Waals surface area contributed by atoms with Crippen molar-refractivity contribution in [1.29, 1.82) is 0 Å². The molecular weight excluding hydrogens is 628 g/mol. The predicted octanol–water partition coefficient (Wildman–Crippen LogP) is 2.68. The standard InChI is InChI=1S/C33H38N4O11/c1-3-25(37(46)19-38)22(12-10-20-8-6-5-7-9-20)30(41)34-18-35-32(43)27-15-14-26(48-27)21-11-13-23(28(16-21)47-4-2)31(42)36-24(33(44)45)17-29(39)40/h5-9,11,13-16,19,22,24-25,46H,3-4,10,12,17-18H2,1-2H3,(H,34,41)(H,35,43)(H,36,42)(H,39,40)(H,44,45)/t22-,24+,25-/m1/s1. The van der Waals surface area contributed by atoms with Crippen molar-refractivity contribution in [2.75, 3.05) is 13.3 Å². The Hall–Kier alpha value is -5.70. The summed E-state index contributed by atoms with van der Waals surface area (Å²) in [6, 6.07) is 14.2. The number of carboxylic acids is 2. The fourth-order valence-corrected chi connectivity index (χ4v) is 4.99. The molecule has 0 radical (unpaired) electrons. The maximum atomic E-state index is 13.2. The second-order valence-corrected chi connectivity index (χ2v) is 10.6. The van der Waals surface area contributed by atoms with E-state index < -0.39 is 54.1 Å². The summed E-state index contributed by atoms with van der Waals surface area (Å²) in [6.45, 7) is 3.29. The van der Waals surface area contributed by atoms with Gasteiger partial charge in [-0.3, -0.25) is 29.2 Å². The Balaban J connectivity index is 1.67. The van der Waals surface area contributed by atoms with Crippen LogP contribution in [0.1, 0.15) is 59.6 Å². The minimum absolute atomic E-state index is 0.0395. The number of carbonyl (C=O) groups excluding carboxylic acids is 4. The monoisotopic (exact) mass is 666 g/mol. The van der Waals surface area contributed by atoms with Gasteiger partial charge in [-0.05, 0) is 56.0 Å². The largest absolute Gasteiger partial charge is 0.493 e. The van der Waals surface area contributed by atoms with Crippen LogP contribution in [0.15, 0.2) is 65.1 Å². The van der Waals surface area contributed by atoms with E-state index in [1.807, 2.05) is 30.3 Å². The van der Waals surface area contributed by atoms with Crippen molar-refractivity contribution in [1.82, 2.24) is 21.0 Å². The summed E-state index contributed by atoms with van der Waals surface area (Å²) in [5.74, 6) is -5.44. The van der Waals surface area contributed by atoms with Gasteiger partial charge in [0, 0.05) is 5.56 Å². The van der Waals surface area contributed by atoms with Gasteiger partial charge >= 0.3 is 11.9 Å². The molecule has 0 aliphatic rings. The molecule has 0 saturated heterocycles. The molecule has 0 aliphatic carbocycles. The number of rotatable bonds is 19. The van der Waals surface area contributed by atoms with E-state index in [4.69, 9.17) is 14.3 Å². The maximum absolute atomic E-state index is 13.2. The number of hydroxylamine groups is 2. The first-order valence-corrected chi connectivity index (χ1v) is 15.1. The van der Waals surface area contributed by atoms with E-state index in [1.54, 1.807) is 13.8 Å². The van der Waals surface area contributed by atoms with Gasteiger partial charge in [-0.25, -0.2) is 9.86 Å². The lowest BCUT2D eigenvalue weighted by molar-refractivity contribution is -0.168. The molecule has 0 fully saturated rings. The van der Waals surface area contributed by atoms with Crippen molar-refractivity contribution in [3.63, 3.8) is 0 Å². The molecule has 1 aromatic heterocycles. The lowest BCUT2D eigenvalue weighted by Gasteiger charge is -2.29. The van der Waals surface area contributed by atoms with Crippen LogP contribution >= 0.6 is 0 Å². The lowest BCUT2D eigenvalue weighted by Crippen LogP contribution is -2.47. The Morgan fingerprint density at radius 3 is 2.31 bits per heavy atom. The number of aliphatic carboxylic acids is 2. The van der Waals surface area contributed by atoms with Crippen LogP contribution in [0.25, 0.3) is 11.3 Å². The van der Waals surface area contributed by atoms with Gasteiger partial charge in [-0.15, -0.1) is 0 Å². The molecule has 0 unspecified atom stereocenters. The molecule has 3 rings (SSSR count). The highest BCUT2D eigenvalue weighted by atomic mass is 16.5. The molecule has 0 spiro atoms. The molecule has 0 aliphatic heterocycles. The maximum Gasteiger partial charge on any atom is 0.326 e. The summed E-state index contributed by atoms with van der Waals surface area (Å²) < 4.78 is 11.3. The van der Waals surface area contributed by atoms with E-state index >= 15 is 0 Å². The van der Waals surface area contributed by atoms with E-state index in [1.165, 1.54) is 30.3 Å². The third kappa shape index (κ3) is 10.2. The van der Waals surface area contributed by atoms with Crippen LogP contribution in [0.2, 0.25) is 0 Å². The third-order valence-corrected chi connectivity index (χ3v) is 7.39. The first-order chi connectivity index (χ1) is 23.0. The zero-order valence-electron chi connectivity index (χ0n) is 26.4. The van der Waals surface area contributed by atoms with Crippen LogP contribution in [-0.4, -0.2) is 81.9 Å². The Morgan fingerprint density at radius 2 is 1.69 bits per heavy atom. The smallest absolute Gasteiger partial charge is 0.326 e. The fourth-order valence-electron chi connectivity index (χ4n) is 4.99. The number of ether oxygens (including phenoxy) is 1. The highest BCUT2D eigenvalue weighted by Gasteiger charge is 2.31. The fraction of sp³-hybridized carbons (Fsp3) is 0.333. The van der Waals surface area contributed by atoms with Crippen molar-refractivity contribution >= 4 is 36.1 Å². The van der Waals surface area contributed by atoms with Gasteiger partial charge in [-0.1, -0.05) is 43.3 Å². The number of hydrogen-bond acceptors (Lipinski definition) is 9. The first kappa shape index (κ1) is 36.8. The Morgan fingerprint density at radius 1 is 0.958 bits per heavy atom. The van der Waals surface area contributed by atoms with E-state index in [2.05, 4.69) is 16.0 Å². The normalized spacial score (nSPS) is 12.6. The number of benzene rings is 2. The molecule has 2 aromatic carbocycles. The number of hydrogen-bond donors (Lipinski definition) is 6. The molecule has 48 heavy (non-hydrogen) atoms. The molecule has 15 heteroatoms. The summed E-state index contributed by atoms with van der Waals surface area (Å²) in [7, 11) is 0. The summed E-state index contributed by atoms with van der Waals surface area (Å²) in [6.07, 6.45) is 0.604. The molecule has 15 nitrogen and oxygen atoms in total. The number of aryl methyl sites for hydroxylation is 1. The van der Waals surface area contributed by atoms with Crippen LogP contribution < -0.4 is 20.7 Å². The van der Waals surface area contributed by atoms with Gasteiger partial charge in [0.2, 0.25) is 12.3 Å². The van der Waals surface area contributed by atoms with Crippen molar-refractivity contribution in [3.8, 4) is 17.1 Å². The van der Waals surface area contributed by atoms with Gasteiger partial charge in [0.1, 0.15) is 17.6 Å². The summed E-state index contributed by atoms with van der Waals surface area (Å²) in [5.41, 5.74) is 1.36. The lowest BCUT2D eigenvalue weighted by atomic mass is 9.90. The number of nitrogens with zero attached hydrogens (tertiary/aromatic N) is 1. The van der Waals surface area contributed by atoms with E-state index in [-0.39, 0.29) is 42.5 Å². The van der Waals surface area contributed by atoms with Gasteiger partial charge in [0.05, 0.1) is 37.2 Å². The second-order valence-electron chi connectivity index (χ2n) is 10.6. The molecule has 6 N–H and O–H groups in total. The van der Waals surface area contributed by atoms with E-state index in [0.29, 0.717) is 29.9 Å². The number of nitrogens with one attached hydrogen (secondary N) is 3. The van der Waals surface area contributed by atoms with Crippen molar-refractivity contribution in [2.45, 2.75) is 51.6 Å². The van der Waals surface area contributed by atoms with E-state index in [0.717, 1.165) is 5.56 Å². The van der Waals surface area contributed by atoms with Gasteiger partial charge < -0.3 is 35.3 Å². The van der Waals surface area contributed by atoms with Crippen molar-refractivity contribution in [3.05, 3.63) is 77.6 Å². The summed E-state index contributed by atoms with van der Waals surface area (Å²) in [5, 5.41) is 36.1. The number of carboxylic acid groups (broad SMARTS) is 2. The van der Waals surface area contributed by atoms with Crippen LogP contribution in [-0.2, 0) is 25.6 Å². The second kappa shape index (κ2) is 17.9. The quantitative estimate of drug-likeness (QED) is 0.0472. The third-order valence-electron chi connectivity index (χ3n) is 7.39. The van der Waals surface area contributed by atoms with Crippen molar-refractivity contribution < 1.29 is 53.3 Å². The highest BCUT2D eigenvalue weighted by Crippen LogP contribution is 2.29. The average molecular weight is 667 g/mol. The SMILES string of the molecule is CCOc1cc(-c2ccc(C(=O)NCNC(=O)[C@H](CCc3ccccc3)[C@@H](CC)N(O)C=O)o2)ccc1C(=O)N[C@@H](CC(=O)O)C(=O)O. The molecule has 3 aromatic rings. The molecule has 4 amide bonds. The van der Waals surface area contributed by atoms with Gasteiger partial charge in [0.25, 0.3) is 11.8 Å².